The van der Waals surface area contributed by atoms with Gasteiger partial charge in [-0.25, -0.2) is 4.98 Å². The quantitative estimate of drug-likeness (QED) is 0.392. The Hall–Kier alpha value is -3.64. The summed E-state index contributed by atoms with van der Waals surface area (Å²) < 4.78 is 10.9. The highest BCUT2D eigenvalue weighted by molar-refractivity contribution is 5.91. The van der Waals surface area contributed by atoms with Gasteiger partial charge < -0.3 is 14.2 Å². The number of amides is 1. The van der Waals surface area contributed by atoms with Gasteiger partial charge in [0.2, 0.25) is 5.89 Å². The minimum absolute atomic E-state index is 0.138. The van der Waals surface area contributed by atoms with Crippen molar-refractivity contribution in [2.24, 2.45) is 0 Å². The summed E-state index contributed by atoms with van der Waals surface area (Å²) in [6, 6.07) is 22.5. The number of benzene rings is 2. The lowest BCUT2D eigenvalue weighted by Gasteiger charge is -2.29. The number of nitrogens with zero attached hydrogens (tertiary/aromatic N) is 2. The van der Waals surface area contributed by atoms with Gasteiger partial charge >= 0.3 is 0 Å². The molecule has 1 amide bonds. The Morgan fingerprint density at radius 1 is 1.00 bits per heavy atom. The third-order valence-corrected chi connectivity index (χ3v) is 5.59. The second kappa shape index (κ2) is 10.1. The lowest BCUT2D eigenvalue weighted by Crippen LogP contribution is -2.27. The Morgan fingerprint density at radius 2 is 1.78 bits per heavy atom. The van der Waals surface area contributed by atoms with Crippen LogP contribution in [-0.4, -0.2) is 15.8 Å². The van der Waals surface area contributed by atoms with Crippen LogP contribution in [-0.2, 0) is 19.6 Å². The van der Waals surface area contributed by atoms with Gasteiger partial charge in [-0.2, -0.15) is 0 Å². The fourth-order valence-corrected chi connectivity index (χ4v) is 3.61. The van der Waals surface area contributed by atoms with Gasteiger partial charge in [-0.3, -0.25) is 9.69 Å². The van der Waals surface area contributed by atoms with Crippen LogP contribution in [0.5, 0.6) is 0 Å². The molecular formula is C26H27N3O3. The second-order valence-electron chi connectivity index (χ2n) is 7.81. The van der Waals surface area contributed by atoms with Crippen molar-refractivity contribution in [1.29, 1.82) is 0 Å². The van der Waals surface area contributed by atoms with E-state index in [1.807, 2.05) is 30.3 Å². The molecule has 6 nitrogen and oxygen atoms in total. The summed E-state index contributed by atoms with van der Waals surface area (Å²) in [7, 11) is 0. The molecule has 0 saturated carbocycles. The molecule has 4 rings (SSSR count). The molecule has 0 radical (unpaired) electrons. The van der Waals surface area contributed by atoms with E-state index < -0.39 is 0 Å². The molecule has 6 heteroatoms. The predicted octanol–water partition coefficient (Wildman–Crippen LogP) is 5.27. The number of carbonyl (C=O) groups is 1. The fourth-order valence-electron chi connectivity index (χ4n) is 3.61. The van der Waals surface area contributed by atoms with Crippen LogP contribution in [0.2, 0.25) is 0 Å². The van der Waals surface area contributed by atoms with E-state index in [1.54, 1.807) is 12.3 Å². The smallest absolute Gasteiger partial charge is 0.273 e. The van der Waals surface area contributed by atoms with Crippen LogP contribution in [0.3, 0.4) is 0 Å². The van der Waals surface area contributed by atoms with Gasteiger partial charge in [0.05, 0.1) is 19.4 Å². The molecule has 0 saturated heterocycles. The molecule has 2 aromatic carbocycles. The first-order valence-electron chi connectivity index (χ1n) is 10.7. The van der Waals surface area contributed by atoms with Crippen LogP contribution in [0.4, 0.5) is 0 Å². The zero-order chi connectivity index (χ0) is 22.3. The molecule has 32 heavy (non-hydrogen) atoms. The van der Waals surface area contributed by atoms with E-state index in [0.29, 0.717) is 24.7 Å². The highest BCUT2D eigenvalue weighted by Crippen LogP contribution is 2.25. The zero-order valence-electron chi connectivity index (χ0n) is 18.3. The van der Waals surface area contributed by atoms with E-state index >= 15 is 0 Å². The Balaban J connectivity index is 1.49. The monoisotopic (exact) mass is 429 g/mol. The first-order chi connectivity index (χ1) is 15.6. The molecule has 1 N–H and O–H groups in total. The lowest BCUT2D eigenvalue weighted by molar-refractivity contribution is 0.0943. The van der Waals surface area contributed by atoms with Gasteiger partial charge in [-0.05, 0) is 42.7 Å². The maximum atomic E-state index is 12.4. The molecule has 2 heterocycles. The van der Waals surface area contributed by atoms with Gasteiger partial charge in [-0.1, -0.05) is 54.6 Å². The Labute approximate surface area is 187 Å². The van der Waals surface area contributed by atoms with Gasteiger partial charge in [-0.15, -0.1) is 0 Å². The Morgan fingerprint density at radius 3 is 2.53 bits per heavy atom. The number of oxazole rings is 1. The van der Waals surface area contributed by atoms with Crippen LogP contribution < -0.4 is 5.32 Å². The van der Waals surface area contributed by atoms with Crippen LogP contribution in [0.25, 0.3) is 0 Å². The molecule has 164 valence electrons. The fraction of sp³-hybridized carbons (Fsp3) is 0.231. The number of rotatable bonds is 9. The minimum atomic E-state index is -0.294. The van der Waals surface area contributed by atoms with E-state index in [9.17, 15) is 4.79 Å². The summed E-state index contributed by atoms with van der Waals surface area (Å²) in [4.78, 5) is 19.2. The summed E-state index contributed by atoms with van der Waals surface area (Å²) in [6.45, 7) is 5.82. The van der Waals surface area contributed by atoms with Gasteiger partial charge in [0, 0.05) is 12.6 Å². The highest BCUT2D eigenvalue weighted by atomic mass is 16.3. The van der Waals surface area contributed by atoms with Crippen LogP contribution in [0, 0.1) is 6.92 Å². The number of aryl methyl sites for hydroxylation is 1. The van der Waals surface area contributed by atoms with E-state index in [1.165, 1.54) is 23.0 Å². The normalized spacial score (nSPS) is 12.1. The largest absolute Gasteiger partial charge is 0.467 e. The average Bonchev–Trinajstić information content (AvgIpc) is 3.51. The van der Waals surface area contributed by atoms with Crippen molar-refractivity contribution in [3.63, 3.8) is 0 Å². The van der Waals surface area contributed by atoms with Crippen molar-refractivity contribution < 1.29 is 13.6 Å². The van der Waals surface area contributed by atoms with Gasteiger partial charge in [0.15, 0.2) is 5.69 Å². The maximum Gasteiger partial charge on any atom is 0.273 e. The molecule has 0 aliphatic carbocycles. The number of aromatic nitrogens is 1. The van der Waals surface area contributed by atoms with E-state index in [0.717, 1.165) is 6.54 Å². The standard InChI is InChI=1S/C26H27N3O3/c1-19-9-6-7-12-22(19)16-29(20(2)21-10-4-3-5-11-21)17-25-28-24(18-32-25)26(30)27-15-23-13-8-14-31-23/h3-14,18,20H,15-17H2,1-2H3,(H,27,30). The number of hydrogen-bond donors (Lipinski definition) is 1. The zero-order valence-corrected chi connectivity index (χ0v) is 18.3. The molecule has 0 aliphatic rings. The predicted molar refractivity (Wildman–Crippen MR) is 122 cm³/mol. The molecule has 1 atom stereocenters. The van der Waals surface area contributed by atoms with Crippen molar-refractivity contribution in [3.8, 4) is 0 Å². The number of hydrogen-bond acceptors (Lipinski definition) is 5. The molecule has 0 fully saturated rings. The minimum Gasteiger partial charge on any atom is -0.467 e. The molecule has 0 aliphatic heterocycles. The summed E-state index contributed by atoms with van der Waals surface area (Å²) in [5.74, 6) is 0.894. The molecule has 1 unspecified atom stereocenters. The third-order valence-electron chi connectivity index (χ3n) is 5.59. The molecule has 4 aromatic rings. The molecular weight excluding hydrogens is 402 g/mol. The lowest BCUT2D eigenvalue weighted by atomic mass is 10.0. The van der Waals surface area contributed by atoms with E-state index in [2.05, 4.69) is 59.4 Å². The summed E-state index contributed by atoms with van der Waals surface area (Å²) in [5.41, 5.74) is 3.96. The number of furan rings is 1. The van der Waals surface area contributed by atoms with E-state index in [-0.39, 0.29) is 17.6 Å². The SMILES string of the molecule is Cc1ccccc1CN(Cc1nc(C(=O)NCc2ccco2)co1)C(C)c1ccccc1. The maximum absolute atomic E-state index is 12.4. The number of carbonyl (C=O) groups excluding carboxylic acids is 1. The van der Waals surface area contributed by atoms with Gasteiger partial charge in [0.25, 0.3) is 5.91 Å². The van der Waals surface area contributed by atoms with Crippen molar-refractivity contribution in [2.75, 3.05) is 0 Å². The Kier molecular flexibility index (Phi) is 6.82. The van der Waals surface area contributed by atoms with Crippen molar-refractivity contribution in [1.82, 2.24) is 15.2 Å². The van der Waals surface area contributed by atoms with E-state index in [4.69, 9.17) is 8.83 Å². The van der Waals surface area contributed by atoms with Crippen molar-refractivity contribution >= 4 is 5.91 Å². The highest BCUT2D eigenvalue weighted by Gasteiger charge is 2.21. The third kappa shape index (κ3) is 5.34. The summed E-state index contributed by atoms with van der Waals surface area (Å²) in [6.07, 6.45) is 2.98. The molecule has 2 aromatic heterocycles. The summed E-state index contributed by atoms with van der Waals surface area (Å²) >= 11 is 0. The number of nitrogens with one attached hydrogen (secondary N) is 1. The topological polar surface area (TPSA) is 71.5 Å². The van der Waals surface area contributed by atoms with Gasteiger partial charge in [0.1, 0.15) is 12.0 Å². The second-order valence-corrected chi connectivity index (χ2v) is 7.81. The van der Waals surface area contributed by atoms with Crippen molar-refractivity contribution in [2.45, 2.75) is 39.5 Å². The van der Waals surface area contributed by atoms with Crippen LogP contribution >= 0.6 is 0 Å². The van der Waals surface area contributed by atoms with Crippen LogP contribution in [0.1, 0.15) is 51.8 Å². The summed E-state index contributed by atoms with van der Waals surface area (Å²) in [5, 5.41) is 2.80. The first-order valence-corrected chi connectivity index (χ1v) is 10.7. The molecule has 0 bridgehead atoms. The average molecular weight is 430 g/mol. The van der Waals surface area contributed by atoms with Crippen LogP contribution in [0.15, 0.2) is 88.1 Å². The van der Waals surface area contributed by atoms with Crippen molar-refractivity contribution in [3.05, 3.63) is 113 Å². The Bertz CT molecular complexity index is 1140. The first kappa shape index (κ1) is 21.6. The molecule has 0 spiro atoms.